The maximum absolute atomic E-state index is 11.5. The summed E-state index contributed by atoms with van der Waals surface area (Å²) in [5.41, 5.74) is 5.80. The van der Waals surface area contributed by atoms with E-state index >= 15 is 0 Å². The molecule has 1 saturated heterocycles. The van der Waals surface area contributed by atoms with Crippen LogP contribution in [0.1, 0.15) is 26.7 Å². The minimum absolute atomic E-state index is 0.221. The van der Waals surface area contributed by atoms with Gasteiger partial charge in [0.15, 0.2) is 5.82 Å². The van der Waals surface area contributed by atoms with Crippen molar-refractivity contribution in [3.63, 3.8) is 0 Å². The van der Waals surface area contributed by atoms with Crippen LogP contribution in [-0.4, -0.2) is 35.6 Å². The average molecular weight is 265 g/mol. The predicted molar refractivity (Wildman–Crippen MR) is 77.3 cm³/mol. The molecular weight excluding hydrogens is 242 g/mol. The molecule has 0 radical (unpaired) electrons. The van der Waals surface area contributed by atoms with E-state index in [1.807, 2.05) is 0 Å². The second-order valence-electron chi connectivity index (χ2n) is 5.51. The Bertz CT molecular complexity index is 470. The predicted octanol–water partition coefficient (Wildman–Crippen LogP) is 0.567. The van der Waals surface area contributed by atoms with Crippen molar-refractivity contribution in [2.24, 2.45) is 5.92 Å². The van der Waals surface area contributed by atoms with Crippen molar-refractivity contribution >= 4 is 11.5 Å². The quantitative estimate of drug-likeness (QED) is 0.724. The minimum atomic E-state index is -0.259. The highest BCUT2D eigenvalue weighted by Gasteiger charge is 2.27. The Balaban J connectivity index is 2.06. The number of H-pyrrole nitrogens is 1. The lowest BCUT2D eigenvalue weighted by molar-refractivity contribution is 0.511. The van der Waals surface area contributed by atoms with Crippen molar-refractivity contribution in [2.45, 2.75) is 32.7 Å². The third-order valence-corrected chi connectivity index (χ3v) is 3.45. The van der Waals surface area contributed by atoms with Crippen LogP contribution in [0.15, 0.2) is 11.1 Å². The first-order chi connectivity index (χ1) is 9.09. The Morgan fingerprint density at radius 2 is 2.42 bits per heavy atom. The third kappa shape index (κ3) is 3.26. The molecule has 1 fully saturated rings. The van der Waals surface area contributed by atoms with E-state index in [1.54, 1.807) is 0 Å². The molecule has 0 aromatic carbocycles. The summed E-state index contributed by atoms with van der Waals surface area (Å²) >= 11 is 0. The van der Waals surface area contributed by atoms with E-state index < -0.39 is 0 Å². The second kappa shape index (κ2) is 6.06. The fraction of sp³-hybridized carbons (Fsp3) is 0.692. The molecule has 106 valence electrons. The highest BCUT2D eigenvalue weighted by atomic mass is 16.1. The van der Waals surface area contributed by atoms with E-state index in [2.05, 4.69) is 34.0 Å². The van der Waals surface area contributed by atoms with Crippen molar-refractivity contribution in [1.29, 1.82) is 0 Å². The van der Waals surface area contributed by atoms with Gasteiger partial charge in [-0.15, -0.1) is 0 Å². The molecule has 0 aliphatic carbocycles. The van der Waals surface area contributed by atoms with Crippen molar-refractivity contribution in [1.82, 2.24) is 15.3 Å². The Morgan fingerprint density at radius 1 is 1.63 bits per heavy atom. The van der Waals surface area contributed by atoms with Crippen molar-refractivity contribution in [3.8, 4) is 0 Å². The van der Waals surface area contributed by atoms with Gasteiger partial charge in [0.2, 0.25) is 0 Å². The highest BCUT2D eigenvalue weighted by molar-refractivity contribution is 5.61. The highest BCUT2D eigenvalue weighted by Crippen LogP contribution is 2.25. The number of hydrogen-bond acceptors (Lipinski definition) is 5. The zero-order valence-corrected chi connectivity index (χ0v) is 11.6. The Labute approximate surface area is 113 Å². The van der Waals surface area contributed by atoms with Gasteiger partial charge in [0, 0.05) is 19.1 Å². The standard InChI is InChI=1S/C13H23N5O/c1-9(2)6-15-7-10-4-3-5-18(10)12-11(14)13(19)17-8-16-12/h8-10,15H,3-7,14H2,1-2H3,(H,16,17,19). The lowest BCUT2D eigenvalue weighted by atomic mass is 10.2. The number of hydrogen-bond donors (Lipinski definition) is 3. The summed E-state index contributed by atoms with van der Waals surface area (Å²) in [5, 5.41) is 3.46. The molecule has 1 aliphatic rings. The van der Waals surface area contributed by atoms with Crippen LogP contribution in [0, 0.1) is 5.92 Å². The molecule has 1 aliphatic heterocycles. The average Bonchev–Trinajstić information content (AvgIpc) is 2.80. The van der Waals surface area contributed by atoms with Gasteiger partial charge in [0.1, 0.15) is 5.69 Å². The fourth-order valence-corrected chi connectivity index (χ4v) is 2.50. The number of aromatic nitrogens is 2. The SMILES string of the molecule is CC(C)CNCC1CCCN1c1nc[nH]c(=O)c1N. The first-order valence-electron chi connectivity index (χ1n) is 6.90. The van der Waals surface area contributed by atoms with Crippen LogP contribution in [0.5, 0.6) is 0 Å². The van der Waals surface area contributed by atoms with Crippen LogP contribution in [-0.2, 0) is 0 Å². The van der Waals surface area contributed by atoms with E-state index in [0.29, 0.717) is 17.8 Å². The molecule has 1 aromatic heterocycles. The monoisotopic (exact) mass is 265 g/mol. The Morgan fingerprint density at radius 3 is 3.16 bits per heavy atom. The summed E-state index contributed by atoms with van der Waals surface area (Å²) in [6.45, 7) is 7.20. The summed E-state index contributed by atoms with van der Waals surface area (Å²) < 4.78 is 0. The molecule has 1 aromatic rings. The molecule has 19 heavy (non-hydrogen) atoms. The molecule has 0 spiro atoms. The summed E-state index contributed by atoms with van der Waals surface area (Å²) in [5.74, 6) is 1.26. The van der Waals surface area contributed by atoms with Gasteiger partial charge in [-0.25, -0.2) is 4.98 Å². The molecule has 1 atom stereocenters. The van der Waals surface area contributed by atoms with Crippen LogP contribution >= 0.6 is 0 Å². The van der Waals surface area contributed by atoms with Gasteiger partial charge in [0.05, 0.1) is 6.33 Å². The van der Waals surface area contributed by atoms with Crippen molar-refractivity contribution in [2.75, 3.05) is 30.3 Å². The van der Waals surface area contributed by atoms with Crippen molar-refractivity contribution in [3.05, 3.63) is 16.7 Å². The first kappa shape index (κ1) is 13.9. The lowest BCUT2D eigenvalue weighted by Gasteiger charge is -2.26. The van der Waals surface area contributed by atoms with Crippen LogP contribution in [0.25, 0.3) is 0 Å². The van der Waals surface area contributed by atoms with Gasteiger partial charge in [0.25, 0.3) is 5.56 Å². The molecule has 1 unspecified atom stereocenters. The van der Waals surface area contributed by atoms with Gasteiger partial charge in [-0.05, 0) is 25.3 Å². The van der Waals surface area contributed by atoms with Crippen LogP contribution < -0.4 is 21.5 Å². The van der Waals surface area contributed by atoms with Gasteiger partial charge in [-0.3, -0.25) is 4.79 Å². The summed E-state index contributed by atoms with van der Waals surface area (Å²) in [4.78, 5) is 20.4. The number of nitrogens with one attached hydrogen (secondary N) is 2. The Hall–Kier alpha value is -1.56. The normalized spacial score (nSPS) is 19.3. The number of nitrogen functional groups attached to an aromatic ring is 1. The molecule has 0 bridgehead atoms. The molecule has 6 heteroatoms. The van der Waals surface area contributed by atoms with Gasteiger partial charge >= 0.3 is 0 Å². The first-order valence-corrected chi connectivity index (χ1v) is 6.90. The van der Waals surface area contributed by atoms with E-state index in [-0.39, 0.29) is 11.2 Å². The van der Waals surface area contributed by atoms with Crippen molar-refractivity contribution < 1.29 is 0 Å². The van der Waals surface area contributed by atoms with Crippen LogP contribution in [0.2, 0.25) is 0 Å². The third-order valence-electron chi connectivity index (χ3n) is 3.45. The summed E-state index contributed by atoms with van der Waals surface area (Å²) in [7, 11) is 0. The lowest BCUT2D eigenvalue weighted by Crippen LogP contribution is -2.40. The smallest absolute Gasteiger partial charge is 0.276 e. The molecule has 0 amide bonds. The number of rotatable bonds is 5. The zero-order valence-electron chi connectivity index (χ0n) is 11.6. The number of nitrogens with zero attached hydrogens (tertiary/aromatic N) is 2. The number of aromatic amines is 1. The van der Waals surface area contributed by atoms with Crippen LogP contribution in [0.3, 0.4) is 0 Å². The van der Waals surface area contributed by atoms with E-state index in [1.165, 1.54) is 6.33 Å². The fourth-order valence-electron chi connectivity index (χ4n) is 2.50. The van der Waals surface area contributed by atoms with Gasteiger partial charge in [-0.2, -0.15) is 0 Å². The summed E-state index contributed by atoms with van der Waals surface area (Å²) in [6, 6.07) is 0.371. The van der Waals surface area contributed by atoms with E-state index in [0.717, 1.165) is 32.5 Å². The van der Waals surface area contributed by atoms with E-state index in [4.69, 9.17) is 5.73 Å². The molecule has 6 nitrogen and oxygen atoms in total. The minimum Gasteiger partial charge on any atom is -0.391 e. The van der Waals surface area contributed by atoms with Gasteiger partial charge in [-0.1, -0.05) is 13.8 Å². The molecule has 2 heterocycles. The summed E-state index contributed by atoms with van der Waals surface area (Å²) in [6.07, 6.45) is 3.64. The zero-order chi connectivity index (χ0) is 13.8. The topological polar surface area (TPSA) is 87.0 Å². The maximum atomic E-state index is 11.5. The maximum Gasteiger partial charge on any atom is 0.276 e. The molecule has 0 saturated carbocycles. The van der Waals surface area contributed by atoms with Crippen LogP contribution in [0.4, 0.5) is 11.5 Å². The Kier molecular flexibility index (Phi) is 4.42. The largest absolute Gasteiger partial charge is 0.391 e. The van der Waals surface area contributed by atoms with E-state index in [9.17, 15) is 4.79 Å². The second-order valence-corrected chi connectivity index (χ2v) is 5.51. The van der Waals surface area contributed by atoms with Gasteiger partial charge < -0.3 is 20.9 Å². The number of nitrogens with two attached hydrogens (primary N) is 1. The number of anilines is 2. The molecular formula is C13H23N5O. The molecule has 2 rings (SSSR count). The molecule has 4 N–H and O–H groups in total.